The molecule has 0 radical (unpaired) electrons. The zero-order valence-electron chi connectivity index (χ0n) is 11.5. The number of methoxy groups -OCH3 is 1. The van der Waals surface area contributed by atoms with Crippen molar-refractivity contribution in [2.45, 2.75) is 5.03 Å². The number of rotatable bonds is 4. The predicted molar refractivity (Wildman–Crippen MR) is 86.8 cm³/mol. The third-order valence-corrected chi connectivity index (χ3v) is 3.73. The van der Waals surface area contributed by atoms with Crippen LogP contribution in [0.15, 0.2) is 35.4 Å². The van der Waals surface area contributed by atoms with Gasteiger partial charge in [0.25, 0.3) is 0 Å². The molecule has 5 nitrogen and oxygen atoms in total. The van der Waals surface area contributed by atoms with Gasteiger partial charge in [-0.05, 0) is 24.0 Å². The highest BCUT2D eigenvalue weighted by Gasteiger charge is 2.13. The molecule has 0 spiro atoms. The van der Waals surface area contributed by atoms with Gasteiger partial charge in [0.1, 0.15) is 10.8 Å². The number of aromatic nitrogens is 2. The minimum absolute atomic E-state index is 0.357. The Morgan fingerprint density at radius 1 is 1.29 bits per heavy atom. The fraction of sp³-hybridized carbons (Fsp3) is 0.143. The van der Waals surface area contributed by atoms with Crippen LogP contribution in [-0.2, 0) is 4.74 Å². The summed E-state index contributed by atoms with van der Waals surface area (Å²) in [6, 6.07) is 8.52. The number of carbonyl (C=O) groups is 1. The Morgan fingerprint density at radius 3 is 2.67 bits per heavy atom. The number of thiocarbonyl (C=S) groups is 1. The van der Waals surface area contributed by atoms with Crippen molar-refractivity contribution in [1.82, 2.24) is 9.97 Å². The van der Waals surface area contributed by atoms with Gasteiger partial charge in [0, 0.05) is 6.07 Å². The standard InChI is InChI=1S/C14H13N3O2S2/c1-19-14(18)9-5-3-4-8(6-9)12(20)13-16-10(15)7-11(17-13)21-2/h3-7H,1-2H3,(H2,15,16,17). The van der Waals surface area contributed by atoms with Crippen LogP contribution in [0.25, 0.3) is 0 Å². The number of nitrogens with zero attached hydrogens (tertiary/aromatic N) is 2. The molecule has 1 aromatic carbocycles. The molecule has 0 aliphatic rings. The molecule has 0 atom stereocenters. The maximum Gasteiger partial charge on any atom is 0.337 e. The zero-order valence-corrected chi connectivity index (χ0v) is 13.1. The maximum absolute atomic E-state index is 11.6. The number of nitrogen functional groups attached to an aromatic ring is 1. The second kappa shape index (κ2) is 6.64. The average Bonchev–Trinajstić information content (AvgIpc) is 2.52. The average molecular weight is 319 g/mol. The number of thioether (sulfide) groups is 1. The highest BCUT2D eigenvalue weighted by molar-refractivity contribution is 7.98. The molecule has 0 saturated carbocycles. The van der Waals surface area contributed by atoms with E-state index in [0.29, 0.717) is 27.6 Å². The van der Waals surface area contributed by atoms with Crippen LogP contribution in [-0.4, -0.2) is 34.2 Å². The third kappa shape index (κ3) is 3.56. The Bertz CT molecular complexity index is 704. The van der Waals surface area contributed by atoms with E-state index in [9.17, 15) is 4.79 Å². The van der Waals surface area contributed by atoms with Crippen molar-refractivity contribution >= 4 is 40.6 Å². The van der Waals surface area contributed by atoms with Gasteiger partial charge in [-0.15, -0.1) is 11.8 Å². The Labute approximate surface area is 131 Å². The first-order valence-electron chi connectivity index (χ1n) is 5.96. The first kappa shape index (κ1) is 15.4. The molecule has 1 aromatic heterocycles. The molecule has 2 rings (SSSR count). The molecule has 0 unspecified atom stereocenters. The van der Waals surface area contributed by atoms with Gasteiger partial charge in [-0.3, -0.25) is 0 Å². The van der Waals surface area contributed by atoms with E-state index in [0.717, 1.165) is 5.03 Å². The van der Waals surface area contributed by atoms with E-state index in [1.807, 2.05) is 6.26 Å². The smallest absolute Gasteiger partial charge is 0.337 e. The van der Waals surface area contributed by atoms with E-state index in [2.05, 4.69) is 9.97 Å². The van der Waals surface area contributed by atoms with Gasteiger partial charge in [-0.2, -0.15) is 0 Å². The lowest BCUT2D eigenvalue weighted by atomic mass is 10.1. The number of benzene rings is 1. The largest absolute Gasteiger partial charge is 0.465 e. The highest BCUT2D eigenvalue weighted by Crippen LogP contribution is 2.17. The number of carbonyl (C=O) groups excluding carboxylic acids is 1. The fourth-order valence-electron chi connectivity index (χ4n) is 1.68. The fourth-order valence-corrected chi connectivity index (χ4v) is 2.32. The summed E-state index contributed by atoms with van der Waals surface area (Å²) in [5, 5.41) is 0.740. The van der Waals surface area contributed by atoms with Crippen LogP contribution >= 0.6 is 24.0 Å². The van der Waals surface area contributed by atoms with Crippen molar-refractivity contribution < 1.29 is 9.53 Å². The van der Waals surface area contributed by atoms with E-state index in [-0.39, 0.29) is 0 Å². The van der Waals surface area contributed by atoms with Crippen molar-refractivity contribution in [2.75, 3.05) is 19.1 Å². The molecule has 108 valence electrons. The van der Waals surface area contributed by atoms with Crippen LogP contribution in [0, 0.1) is 0 Å². The van der Waals surface area contributed by atoms with Crippen LogP contribution in [0.5, 0.6) is 0 Å². The Balaban J connectivity index is 2.40. The van der Waals surface area contributed by atoms with Gasteiger partial charge >= 0.3 is 5.97 Å². The second-order valence-corrected chi connectivity index (χ2v) is 5.30. The van der Waals surface area contributed by atoms with Crippen LogP contribution in [0.4, 0.5) is 5.82 Å². The lowest BCUT2D eigenvalue weighted by Gasteiger charge is -2.07. The molecule has 0 aliphatic carbocycles. The van der Waals surface area contributed by atoms with E-state index < -0.39 is 5.97 Å². The third-order valence-electron chi connectivity index (χ3n) is 2.68. The summed E-state index contributed by atoms with van der Waals surface area (Å²) in [5.41, 5.74) is 6.85. The Kier molecular flexibility index (Phi) is 4.87. The Morgan fingerprint density at radius 2 is 2.00 bits per heavy atom. The summed E-state index contributed by atoms with van der Waals surface area (Å²) in [7, 11) is 1.33. The summed E-state index contributed by atoms with van der Waals surface area (Å²) in [5.74, 6) is 0.310. The minimum atomic E-state index is -0.419. The normalized spacial score (nSPS) is 10.2. The van der Waals surface area contributed by atoms with Crippen molar-refractivity contribution in [3.8, 4) is 0 Å². The van der Waals surface area contributed by atoms with Gasteiger partial charge in [-0.1, -0.05) is 24.4 Å². The first-order chi connectivity index (χ1) is 10.0. The molecule has 0 aliphatic heterocycles. The van der Waals surface area contributed by atoms with Gasteiger partial charge in [0.05, 0.1) is 17.5 Å². The molecule has 0 saturated heterocycles. The minimum Gasteiger partial charge on any atom is -0.465 e. The number of nitrogens with two attached hydrogens (primary N) is 1. The molecule has 7 heteroatoms. The molecule has 0 fully saturated rings. The molecule has 2 aromatic rings. The summed E-state index contributed by atoms with van der Waals surface area (Å²) in [6.45, 7) is 0. The SMILES string of the molecule is COC(=O)c1cccc(C(=S)c2nc(N)cc(SC)n2)c1. The van der Waals surface area contributed by atoms with Crippen molar-refractivity contribution in [1.29, 1.82) is 0 Å². The lowest BCUT2D eigenvalue weighted by molar-refractivity contribution is 0.0600. The second-order valence-electron chi connectivity index (χ2n) is 4.06. The molecule has 21 heavy (non-hydrogen) atoms. The van der Waals surface area contributed by atoms with Gasteiger partial charge in [-0.25, -0.2) is 14.8 Å². The van der Waals surface area contributed by atoms with Gasteiger partial charge in [0.15, 0.2) is 5.82 Å². The van der Waals surface area contributed by atoms with Gasteiger partial charge < -0.3 is 10.5 Å². The van der Waals surface area contributed by atoms with E-state index >= 15 is 0 Å². The number of esters is 1. The molecular formula is C14H13N3O2S2. The highest BCUT2D eigenvalue weighted by atomic mass is 32.2. The van der Waals surface area contributed by atoms with E-state index in [1.54, 1.807) is 30.3 Å². The van der Waals surface area contributed by atoms with Crippen LogP contribution in [0.2, 0.25) is 0 Å². The summed E-state index contributed by atoms with van der Waals surface area (Å²) >= 11 is 6.85. The molecule has 1 heterocycles. The number of ether oxygens (including phenoxy) is 1. The first-order valence-corrected chi connectivity index (χ1v) is 7.60. The molecule has 0 amide bonds. The number of anilines is 1. The van der Waals surface area contributed by atoms with Crippen molar-refractivity contribution in [2.24, 2.45) is 0 Å². The van der Waals surface area contributed by atoms with Crippen molar-refractivity contribution in [3.05, 3.63) is 47.3 Å². The zero-order chi connectivity index (χ0) is 15.4. The molecular weight excluding hydrogens is 306 g/mol. The molecule has 0 bridgehead atoms. The van der Waals surface area contributed by atoms with Crippen LogP contribution in [0.1, 0.15) is 21.7 Å². The van der Waals surface area contributed by atoms with Crippen LogP contribution in [0.3, 0.4) is 0 Å². The number of hydrogen-bond donors (Lipinski definition) is 1. The predicted octanol–water partition coefficient (Wildman–Crippen LogP) is 2.33. The summed E-state index contributed by atoms with van der Waals surface area (Å²) < 4.78 is 4.70. The monoisotopic (exact) mass is 319 g/mol. The van der Waals surface area contributed by atoms with E-state index in [1.165, 1.54) is 18.9 Å². The quantitative estimate of drug-likeness (QED) is 0.305. The van der Waals surface area contributed by atoms with E-state index in [4.69, 9.17) is 22.7 Å². The number of hydrogen-bond acceptors (Lipinski definition) is 7. The Hall–Kier alpha value is -1.99. The lowest BCUT2D eigenvalue weighted by Crippen LogP contribution is -2.10. The maximum atomic E-state index is 11.6. The van der Waals surface area contributed by atoms with Crippen LogP contribution < -0.4 is 5.73 Å². The summed E-state index contributed by atoms with van der Waals surface area (Å²) in [6.07, 6.45) is 1.90. The van der Waals surface area contributed by atoms with Crippen molar-refractivity contribution in [3.63, 3.8) is 0 Å². The molecule has 2 N–H and O–H groups in total. The summed E-state index contributed by atoms with van der Waals surface area (Å²) in [4.78, 5) is 20.5. The topological polar surface area (TPSA) is 78.1 Å². The van der Waals surface area contributed by atoms with Gasteiger partial charge in [0.2, 0.25) is 0 Å².